The normalized spacial score (nSPS) is 20.1. The number of pyridine rings is 1. The Hall–Kier alpha value is -3.72. The largest absolute Gasteiger partial charge is 0.394 e. The summed E-state index contributed by atoms with van der Waals surface area (Å²) in [7, 11) is 0. The molecule has 168 valence electrons. The Labute approximate surface area is 191 Å². The van der Waals surface area contributed by atoms with E-state index in [0.29, 0.717) is 18.2 Å². The fraction of sp³-hybridized carbons (Fsp3) is 0.200. The van der Waals surface area contributed by atoms with E-state index in [0.717, 1.165) is 16.9 Å². The smallest absolute Gasteiger partial charge is 0.253 e. The first kappa shape index (κ1) is 21.1. The lowest BCUT2D eigenvalue weighted by Gasteiger charge is -2.17. The molecule has 5 rings (SSSR count). The number of ether oxygens (including phenoxy) is 2. The molecule has 1 aliphatic heterocycles. The molecule has 0 bridgehead atoms. The predicted molar refractivity (Wildman–Crippen MR) is 123 cm³/mol. The summed E-state index contributed by atoms with van der Waals surface area (Å²) in [4.78, 5) is 17.1. The summed E-state index contributed by atoms with van der Waals surface area (Å²) in [5.74, 6) is 0.416. The van der Waals surface area contributed by atoms with E-state index in [1.165, 1.54) is 0 Å². The zero-order chi connectivity index (χ0) is 22.6. The molecule has 3 unspecified atom stereocenters. The number of hydrogen-bond acceptors (Lipinski definition) is 6. The Bertz CT molecular complexity index is 1190. The van der Waals surface area contributed by atoms with Gasteiger partial charge < -0.3 is 29.8 Å². The molecule has 8 heteroatoms. The number of allylic oxidation sites excluding steroid dienone is 1. The summed E-state index contributed by atoms with van der Waals surface area (Å²) in [6.45, 7) is 0.115. The summed E-state index contributed by atoms with van der Waals surface area (Å²) in [5.41, 5.74) is 3.09. The fourth-order valence-electron chi connectivity index (χ4n) is 3.86. The Kier molecular flexibility index (Phi) is 6.03. The van der Waals surface area contributed by atoms with Crippen LogP contribution in [0.3, 0.4) is 0 Å². The van der Waals surface area contributed by atoms with Gasteiger partial charge in [0.1, 0.15) is 24.8 Å². The molecular weight excluding hydrogens is 420 g/mol. The van der Waals surface area contributed by atoms with Crippen molar-refractivity contribution in [3.05, 3.63) is 102 Å². The van der Waals surface area contributed by atoms with Gasteiger partial charge >= 0.3 is 0 Å². The lowest BCUT2D eigenvalue weighted by atomic mass is 10.1. The van der Waals surface area contributed by atoms with Crippen LogP contribution in [-0.4, -0.2) is 46.2 Å². The number of carbonyl (C=O) groups is 1. The van der Waals surface area contributed by atoms with Crippen LogP contribution in [0.1, 0.15) is 22.0 Å². The SMILES string of the molecule is O=C(NC(CO)c1ccccc1)c1ccn(-c2ccnc(NC3=CC4OCOC4C=C3)c2)c1. The highest BCUT2D eigenvalue weighted by molar-refractivity contribution is 5.94. The van der Waals surface area contributed by atoms with Crippen molar-refractivity contribution in [2.75, 3.05) is 18.7 Å². The van der Waals surface area contributed by atoms with Crippen LogP contribution >= 0.6 is 0 Å². The van der Waals surface area contributed by atoms with Crippen LogP contribution < -0.4 is 10.6 Å². The van der Waals surface area contributed by atoms with Gasteiger partial charge in [-0.2, -0.15) is 0 Å². The average Bonchev–Trinajstić information content (AvgIpc) is 3.53. The number of nitrogens with zero attached hydrogens (tertiary/aromatic N) is 2. The standard InChI is InChI=1S/C25H24N4O4/c30-15-21(17-4-2-1-3-5-17)28-25(31)18-9-11-29(14-18)20-8-10-26-24(13-20)27-19-6-7-22-23(12-19)33-16-32-22/h1-14,21-23,30H,15-16H2,(H,26,27)(H,28,31). The highest BCUT2D eigenvalue weighted by atomic mass is 16.7. The van der Waals surface area contributed by atoms with Gasteiger partial charge in [-0.1, -0.05) is 36.4 Å². The van der Waals surface area contributed by atoms with Gasteiger partial charge in [-0.15, -0.1) is 0 Å². The van der Waals surface area contributed by atoms with Gasteiger partial charge in [0, 0.05) is 30.4 Å². The Morgan fingerprint density at radius 1 is 1.18 bits per heavy atom. The second-order valence-electron chi connectivity index (χ2n) is 7.81. The number of carbonyl (C=O) groups excluding carboxylic acids is 1. The predicted octanol–water partition coefficient (Wildman–Crippen LogP) is 2.94. The van der Waals surface area contributed by atoms with Crippen molar-refractivity contribution in [1.82, 2.24) is 14.9 Å². The molecule has 33 heavy (non-hydrogen) atoms. The van der Waals surface area contributed by atoms with Crippen molar-refractivity contribution >= 4 is 11.7 Å². The molecule has 2 aliphatic rings. The molecule has 3 atom stereocenters. The van der Waals surface area contributed by atoms with Crippen LogP contribution in [0.4, 0.5) is 5.82 Å². The summed E-state index contributed by atoms with van der Waals surface area (Å²) in [5, 5.41) is 15.9. The molecule has 1 aromatic carbocycles. The van der Waals surface area contributed by atoms with E-state index < -0.39 is 6.04 Å². The first-order chi connectivity index (χ1) is 16.2. The van der Waals surface area contributed by atoms with E-state index >= 15 is 0 Å². The Morgan fingerprint density at radius 3 is 2.88 bits per heavy atom. The van der Waals surface area contributed by atoms with Gasteiger partial charge in [0.15, 0.2) is 0 Å². The summed E-state index contributed by atoms with van der Waals surface area (Å²) >= 11 is 0. The molecule has 0 saturated carbocycles. The van der Waals surface area contributed by atoms with E-state index in [9.17, 15) is 9.90 Å². The highest BCUT2D eigenvalue weighted by Crippen LogP contribution is 2.23. The molecule has 0 radical (unpaired) electrons. The number of amides is 1. The Morgan fingerprint density at radius 2 is 2.03 bits per heavy atom. The van der Waals surface area contributed by atoms with Gasteiger partial charge in [-0.25, -0.2) is 4.98 Å². The van der Waals surface area contributed by atoms with Crippen LogP contribution in [0.2, 0.25) is 0 Å². The number of hydrogen-bond donors (Lipinski definition) is 3. The quantitative estimate of drug-likeness (QED) is 0.519. The number of fused-ring (bicyclic) bond motifs is 1. The molecule has 3 N–H and O–H groups in total. The maximum absolute atomic E-state index is 12.8. The molecule has 3 heterocycles. The van der Waals surface area contributed by atoms with Gasteiger partial charge in [-0.05, 0) is 29.8 Å². The summed E-state index contributed by atoms with van der Waals surface area (Å²) < 4.78 is 12.9. The van der Waals surface area contributed by atoms with Crippen LogP contribution in [0.5, 0.6) is 0 Å². The van der Waals surface area contributed by atoms with Gasteiger partial charge in [0.25, 0.3) is 5.91 Å². The van der Waals surface area contributed by atoms with Crippen molar-refractivity contribution < 1.29 is 19.4 Å². The van der Waals surface area contributed by atoms with Crippen molar-refractivity contribution in [2.45, 2.75) is 18.2 Å². The number of rotatable bonds is 7. The highest BCUT2D eigenvalue weighted by Gasteiger charge is 2.28. The molecule has 2 aromatic heterocycles. The van der Waals surface area contributed by atoms with Crippen LogP contribution in [0, 0.1) is 0 Å². The van der Waals surface area contributed by atoms with Gasteiger partial charge in [0.05, 0.1) is 23.9 Å². The van der Waals surface area contributed by atoms with E-state index in [-0.39, 0.29) is 24.7 Å². The van der Waals surface area contributed by atoms with Crippen molar-refractivity contribution in [2.24, 2.45) is 0 Å². The Balaban J connectivity index is 1.28. The minimum absolute atomic E-state index is 0.0355. The second kappa shape index (κ2) is 9.41. The maximum atomic E-state index is 12.8. The molecular formula is C25H24N4O4. The minimum Gasteiger partial charge on any atom is -0.394 e. The van der Waals surface area contributed by atoms with E-state index in [2.05, 4.69) is 15.6 Å². The average molecular weight is 444 g/mol. The molecule has 1 fully saturated rings. The zero-order valence-corrected chi connectivity index (χ0v) is 17.8. The third-order valence-electron chi connectivity index (χ3n) is 5.61. The van der Waals surface area contributed by atoms with Crippen molar-refractivity contribution in [3.8, 4) is 5.69 Å². The van der Waals surface area contributed by atoms with Crippen LogP contribution in [0.15, 0.2) is 91.0 Å². The first-order valence-corrected chi connectivity index (χ1v) is 10.7. The zero-order valence-electron chi connectivity index (χ0n) is 17.8. The number of nitrogens with one attached hydrogen (secondary N) is 2. The lowest BCUT2D eigenvalue weighted by molar-refractivity contribution is 0.0503. The third-order valence-corrected chi connectivity index (χ3v) is 5.61. The monoisotopic (exact) mass is 444 g/mol. The van der Waals surface area contributed by atoms with Crippen LogP contribution in [0.25, 0.3) is 5.69 Å². The number of aromatic nitrogens is 2. The molecule has 0 spiro atoms. The van der Waals surface area contributed by atoms with E-state index in [1.807, 2.05) is 71.5 Å². The topological polar surface area (TPSA) is 97.6 Å². The number of aliphatic hydroxyl groups excluding tert-OH is 1. The summed E-state index contributed by atoms with van der Waals surface area (Å²) in [6, 6.07) is 14.4. The van der Waals surface area contributed by atoms with Crippen molar-refractivity contribution in [1.29, 1.82) is 0 Å². The van der Waals surface area contributed by atoms with Crippen LogP contribution in [-0.2, 0) is 9.47 Å². The minimum atomic E-state index is -0.468. The fourth-order valence-corrected chi connectivity index (χ4v) is 3.86. The van der Waals surface area contributed by atoms with Gasteiger partial charge in [-0.3, -0.25) is 4.79 Å². The van der Waals surface area contributed by atoms with Crippen molar-refractivity contribution in [3.63, 3.8) is 0 Å². The molecule has 1 saturated heterocycles. The number of aliphatic hydroxyl groups is 1. The lowest BCUT2D eigenvalue weighted by Crippen LogP contribution is -2.30. The second-order valence-corrected chi connectivity index (χ2v) is 7.81. The summed E-state index contributed by atoms with van der Waals surface area (Å²) in [6.07, 6.45) is 11.0. The first-order valence-electron chi connectivity index (χ1n) is 10.7. The van der Waals surface area contributed by atoms with E-state index in [1.54, 1.807) is 18.5 Å². The van der Waals surface area contributed by atoms with Gasteiger partial charge in [0.2, 0.25) is 0 Å². The number of benzene rings is 1. The maximum Gasteiger partial charge on any atom is 0.253 e. The molecule has 3 aromatic rings. The third kappa shape index (κ3) is 4.73. The molecule has 1 aliphatic carbocycles. The molecule has 1 amide bonds. The van der Waals surface area contributed by atoms with E-state index in [4.69, 9.17) is 9.47 Å². The number of anilines is 1. The molecule has 8 nitrogen and oxygen atoms in total.